The zero-order chi connectivity index (χ0) is 19.1. The Labute approximate surface area is 162 Å². The SMILES string of the molecule is Cc1ccc(-c2cccc(N(C)c3nc4nncn4c4ccccc34)c2)cc1. The van der Waals surface area contributed by atoms with E-state index in [9.17, 15) is 0 Å². The van der Waals surface area contributed by atoms with E-state index < -0.39 is 0 Å². The molecule has 0 saturated carbocycles. The van der Waals surface area contributed by atoms with E-state index in [0.717, 1.165) is 22.4 Å². The zero-order valence-corrected chi connectivity index (χ0v) is 15.7. The van der Waals surface area contributed by atoms with Gasteiger partial charge in [-0.2, -0.15) is 4.98 Å². The van der Waals surface area contributed by atoms with Gasteiger partial charge in [0.25, 0.3) is 5.78 Å². The average Bonchev–Trinajstić information content (AvgIpc) is 3.22. The van der Waals surface area contributed by atoms with E-state index in [2.05, 4.69) is 82.7 Å². The maximum atomic E-state index is 4.77. The van der Waals surface area contributed by atoms with Crippen LogP contribution in [0.4, 0.5) is 11.5 Å². The third-order valence-electron chi connectivity index (χ3n) is 5.08. The second kappa shape index (κ2) is 6.46. The molecular weight excluding hydrogens is 346 g/mol. The van der Waals surface area contributed by atoms with Crippen LogP contribution in [-0.4, -0.2) is 26.6 Å². The molecule has 0 aliphatic carbocycles. The van der Waals surface area contributed by atoms with E-state index in [-0.39, 0.29) is 0 Å². The summed E-state index contributed by atoms with van der Waals surface area (Å²) in [5.41, 5.74) is 5.74. The van der Waals surface area contributed by atoms with Gasteiger partial charge in [0, 0.05) is 18.1 Å². The molecule has 0 radical (unpaired) electrons. The number of para-hydroxylation sites is 1. The first-order valence-corrected chi connectivity index (χ1v) is 9.20. The topological polar surface area (TPSA) is 46.3 Å². The average molecular weight is 365 g/mol. The number of hydrogen-bond donors (Lipinski definition) is 0. The van der Waals surface area contributed by atoms with Crippen LogP contribution in [0.1, 0.15) is 5.56 Å². The van der Waals surface area contributed by atoms with Crippen molar-refractivity contribution in [2.24, 2.45) is 0 Å². The minimum absolute atomic E-state index is 0.593. The van der Waals surface area contributed by atoms with Gasteiger partial charge in [-0.05, 0) is 42.3 Å². The molecule has 0 unspecified atom stereocenters. The smallest absolute Gasteiger partial charge is 0.257 e. The maximum absolute atomic E-state index is 4.77. The second-order valence-corrected chi connectivity index (χ2v) is 6.93. The number of hydrogen-bond acceptors (Lipinski definition) is 4. The van der Waals surface area contributed by atoms with Crippen molar-refractivity contribution in [3.8, 4) is 11.1 Å². The number of aromatic nitrogens is 4. The first-order chi connectivity index (χ1) is 13.7. The predicted octanol–water partition coefficient (Wildman–Crippen LogP) is 5.02. The van der Waals surface area contributed by atoms with Gasteiger partial charge in [0.1, 0.15) is 12.1 Å². The van der Waals surface area contributed by atoms with Gasteiger partial charge in [0.15, 0.2) is 0 Å². The fourth-order valence-corrected chi connectivity index (χ4v) is 3.52. The molecule has 0 aliphatic rings. The van der Waals surface area contributed by atoms with Crippen LogP contribution in [0.5, 0.6) is 0 Å². The van der Waals surface area contributed by atoms with Gasteiger partial charge in [-0.1, -0.05) is 54.1 Å². The van der Waals surface area contributed by atoms with Gasteiger partial charge in [-0.3, -0.25) is 4.40 Å². The van der Waals surface area contributed by atoms with E-state index in [4.69, 9.17) is 4.98 Å². The summed E-state index contributed by atoms with van der Waals surface area (Å²) < 4.78 is 1.91. The van der Waals surface area contributed by atoms with Crippen molar-refractivity contribution in [3.63, 3.8) is 0 Å². The highest BCUT2D eigenvalue weighted by Gasteiger charge is 2.14. The Balaban J connectivity index is 1.64. The zero-order valence-electron chi connectivity index (χ0n) is 15.7. The van der Waals surface area contributed by atoms with Crippen LogP contribution >= 0.6 is 0 Å². The van der Waals surface area contributed by atoms with E-state index in [1.165, 1.54) is 16.7 Å². The van der Waals surface area contributed by atoms with Gasteiger partial charge < -0.3 is 4.90 Å². The van der Waals surface area contributed by atoms with Crippen molar-refractivity contribution in [2.75, 3.05) is 11.9 Å². The summed E-state index contributed by atoms with van der Waals surface area (Å²) in [6.45, 7) is 2.10. The molecule has 2 aromatic heterocycles. The molecule has 0 amide bonds. The number of fused-ring (bicyclic) bond motifs is 3. The molecule has 0 atom stereocenters. The summed E-state index contributed by atoms with van der Waals surface area (Å²) in [5.74, 6) is 1.45. The molecule has 5 nitrogen and oxygen atoms in total. The predicted molar refractivity (Wildman–Crippen MR) is 113 cm³/mol. The van der Waals surface area contributed by atoms with Crippen LogP contribution in [0.2, 0.25) is 0 Å². The van der Waals surface area contributed by atoms with Crippen LogP contribution in [0.25, 0.3) is 27.8 Å². The summed E-state index contributed by atoms with van der Waals surface area (Å²) in [5, 5.41) is 9.23. The van der Waals surface area contributed by atoms with Crippen molar-refractivity contribution in [1.29, 1.82) is 0 Å². The highest BCUT2D eigenvalue weighted by atomic mass is 15.3. The summed E-state index contributed by atoms with van der Waals surface area (Å²) in [6.07, 6.45) is 1.70. The van der Waals surface area contributed by atoms with Gasteiger partial charge >= 0.3 is 0 Å². The van der Waals surface area contributed by atoms with Crippen molar-refractivity contribution in [2.45, 2.75) is 6.92 Å². The van der Waals surface area contributed by atoms with Crippen molar-refractivity contribution in [1.82, 2.24) is 19.6 Å². The highest BCUT2D eigenvalue weighted by Crippen LogP contribution is 2.32. The summed E-state index contributed by atoms with van der Waals surface area (Å²) >= 11 is 0. The third-order valence-corrected chi connectivity index (χ3v) is 5.08. The summed E-state index contributed by atoms with van der Waals surface area (Å²) in [4.78, 5) is 6.87. The Hall–Kier alpha value is -3.73. The highest BCUT2D eigenvalue weighted by molar-refractivity contribution is 5.93. The van der Waals surface area contributed by atoms with Crippen LogP contribution in [0.3, 0.4) is 0 Å². The van der Waals surface area contributed by atoms with E-state index in [1.807, 2.05) is 23.6 Å². The van der Waals surface area contributed by atoms with Crippen LogP contribution in [0.15, 0.2) is 79.1 Å². The Kier molecular flexibility index (Phi) is 3.79. The number of anilines is 2. The molecule has 136 valence electrons. The molecule has 5 rings (SSSR count). The lowest BCUT2D eigenvalue weighted by Crippen LogP contribution is -2.13. The maximum Gasteiger partial charge on any atom is 0.257 e. The monoisotopic (exact) mass is 365 g/mol. The molecular formula is C23H19N5. The van der Waals surface area contributed by atoms with Gasteiger partial charge in [-0.15, -0.1) is 10.2 Å². The Bertz CT molecular complexity index is 1290. The minimum atomic E-state index is 0.593. The van der Waals surface area contributed by atoms with Crippen molar-refractivity contribution in [3.05, 3.63) is 84.7 Å². The Morgan fingerprint density at radius 3 is 2.54 bits per heavy atom. The van der Waals surface area contributed by atoms with Crippen LogP contribution < -0.4 is 4.90 Å². The Morgan fingerprint density at radius 1 is 0.857 bits per heavy atom. The molecule has 0 spiro atoms. The lowest BCUT2D eigenvalue weighted by atomic mass is 10.0. The van der Waals surface area contributed by atoms with Crippen LogP contribution in [-0.2, 0) is 0 Å². The normalized spacial score (nSPS) is 11.2. The Morgan fingerprint density at radius 2 is 1.68 bits per heavy atom. The molecule has 5 aromatic rings. The minimum Gasteiger partial charge on any atom is -0.329 e. The standard InChI is InChI=1S/C23H19N5/c1-16-10-12-17(13-11-16)18-6-5-7-19(14-18)27(2)22-20-8-3-4-9-21(20)28-15-24-26-23(28)25-22/h3-15H,1-2H3. The van der Waals surface area contributed by atoms with E-state index in [0.29, 0.717) is 5.78 Å². The number of rotatable bonds is 3. The molecule has 5 heteroatoms. The van der Waals surface area contributed by atoms with Gasteiger partial charge in [0.05, 0.1) is 5.52 Å². The van der Waals surface area contributed by atoms with Crippen LogP contribution in [0, 0.1) is 6.92 Å². The summed E-state index contributed by atoms with van der Waals surface area (Å²) in [6, 6.07) is 25.3. The largest absolute Gasteiger partial charge is 0.329 e. The van der Waals surface area contributed by atoms with Gasteiger partial charge in [-0.25, -0.2) is 0 Å². The molecule has 0 N–H and O–H groups in total. The van der Waals surface area contributed by atoms with Crippen molar-refractivity contribution >= 4 is 28.2 Å². The van der Waals surface area contributed by atoms with E-state index >= 15 is 0 Å². The molecule has 0 fully saturated rings. The lowest BCUT2D eigenvalue weighted by molar-refractivity contribution is 1.08. The first-order valence-electron chi connectivity index (χ1n) is 9.20. The number of nitrogens with zero attached hydrogens (tertiary/aromatic N) is 5. The summed E-state index contributed by atoms with van der Waals surface area (Å²) in [7, 11) is 2.04. The molecule has 0 bridgehead atoms. The molecule has 2 heterocycles. The number of benzene rings is 3. The van der Waals surface area contributed by atoms with Gasteiger partial charge in [0.2, 0.25) is 0 Å². The quantitative estimate of drug-likeness (QED) is 0.450. The van der Waals surface area contributed by atoms with Crippen molar-refractivity contribution < 1.29 is 0 Å². The first kappa shape index (κ1) is 16.4. The second-order valence-electron chi connectivity index (χ2n) is 6.93. The lowest BCUT2D eigenvalue weighted by Gasteiger charge is -2.21. The molecule has 3 aromatic carbocycles. The fraction of sp³-hybridized carbons (Fsp3) is 0.0870. The fourth-order valence-electron chi connectivity index (χ4n) is 3.52. The molecule has 0 saturated heterocycles. The van der Waals surface area contributed by atoms with E-state index in [1.54, 1.807) is 6.33 Å². The number of aryl methyl sites for hydroxylation is 1. The molecule has 28 heavy (non-hydrogen) atoms. The third kappa shape index (κ3) is 2.68. The molecule has 0 aliphatic heterocycles.